The Kier molecular flexibility index (Phi) is 2.80. The van der Waals surface area contributed by atoms with Crippen LogP contribution in [0.15, 0.2) is 5.11 Å². The SMILES string of the molecule is C[C@H]1CC[C@H](C2CC3(CC(N=[N+]=[N-])C3)C2)NC1. The summed E-state index contributed by atoms with van der Waals surface area (Å²) in [5.74, 6) is 1.76. The molecule has 3 rings (SSSR count). The summed E-state index contributed by atoms with van der Waals surface area (Å²) < 4.78 is 0. The van der Waals surface area contributed by atoms with Gasteiger partial charge in [0.05, 0.1) is 0 Å². The maximum absolute atomic E-state index is 8.39. The monoisotopic (exact) mass is 234 g/mol. The molecule has 17 heavy (non-hydrogen) atoms. The first kappa shape index (κ1) is 11.4. The van der Waals surface area contributed by atoms with Crippen molar-refractivity contribution in [3.8, 4) is 0 Å². The maximum Gasteiger partial charge on any atom is 0.0384 e. The zero-order valence-electron chi connectivity index (χ0n) is 10.6. The van der Waals surface area contributed by atoms with E-state index in [9.17, 15) is 0 Å². The molecule has 4 heteroatoms. The van der Waals surface area contributed by atoms with Gasteiger partial charge in [-0.05, 0) is 67.9 Å². The number of hydrogen-bond acceptors (Lipinski definition) is 2. The van der Waals surface area contributed by atoms with Gasteiger partial charge in [0.1, 0.15) is 0 Å². The van der Waals surface area contributed by atoms with Crippen LogP contribution in [-0.4, -0.2) is 18.6 Å². The van der Waals surface area contributed by atoms with E-state index >= 15 is 0 Å². The topological polar surface area (TPSA) is 60.8 Å². The van der Waals surface area contributed by atoms with Crippen molar-refractivity contribution in [3.05, 3.63) is 10.4 Å². The maximum atomic E-state index is 8.39. The van der Waals surface area contributed by atoms with E-state index < -0.39 is 0 Å². The van der Waals surface area contributed by atoms with Gasteiger partial charge in [0.25, 0.3) is 0 Å². The highest BCUT2D eigenvalue weighted by atomic mass is 15.2. The predicted octanol–water partition coefficient (Wildman–Crippen LogP) is 3.24. The highest BCUT2D eigenvalue weighted by Crippen LogP contribution is 2.60. The minimum atomic E-state index is 0.306. The van der Waals surface area contributed by atoms with Crippen LogP contribution in [0.5, 0.6) is 0 Å². The first-order chi connectivity index (χ1) is 8.21. The number of rotatable bonds is 2. The molecule has 0 radical (unpaired) electrons. The van der Waals surface area contributed by atoms with Crippen LogP contribution < -0.4 is 5.32 Å². The van der Waals surface area contributed by atoms with Crippen molar-refractivity contribution in [2.75, 3.05) is 6.54 Å². The van der Waals surface area contributed by atoms with Crippen molar-refractivity contribution in [2.45, 2.75) is 57.5 Å². The van der Waals surface area contributed by atoms with E-state index in [1.54, 1.807) is 0 Å². The fraction of sp³-hybridized carbons (Fsp3) is 1.00. The zero-order chi connectivity index (χ0) is 11.9. The molecule has 0 aromatic carbocycles. The molecule has 1 heterocycles. The van der Waals surface area contributed by atoms with Gasteiger partial charge < -0.3 is 5.32 Å². The second kappa shape index (κ2) is 4.18. The number of piperidine rings is 1. The lowest BCUT2D eigenvalue weighted by atomic mass is 9.48. The van der Waals surface area contributed by atoms with Gasteiger partial charge in [0.15, 0.2) is 0 Å². The minimum absolute atomic E-state index is 0.306. The van der Waals surface area contributed by atoms with Crippen molar-refractivity contribution in [3.63, 3.8) is 0 Å². The number of nitrogens with one attached hydrogen (secondary N) is 1. The van der Waals surface area contributed by atoms with E-state index in [1.807, 2.05) is 0 Å². The summed E-state index contributed by atoms with van der Waals surface area (Å²) in [6.45, 7) is 3.54. The van der Waals surface area contributed by atoms with Gasteiger partial charge in [-0.2, -0.15) is 0 Å². The lowest BCUT2D eigenvalue weighted by molar-refractivity contribution is -0.0573. The molecule has 1 N–H and O–H groups in total. The number of nitrogens with zero attached hydrogens (tertiary/aromatic N) is 3. The van der Waals surface area contributed by atoms with Crippen molar-refractivity contribution in [1.29, 1.82) is 0 Å². The van der Waals surface area contributed by atoms with E-state index in [2.05, 4.69) is 22.3 Å². The molecule has 0 aromatic heterocycles. The normalized spacial score (nSPS) is 49.0. The molecule has 0 aromatic rings. The smallest absolute Gasteiger partial charge is 0.0384 e. The fourth-order valence-electron chi connectivity index (χ4n) is 4.19. The first-order valence-corrected chi connectivity index (χ1v) is 6.98. The highest BCUT2D eigenvalue weighted by Gasteiger charge is 2.54. The zero-order valence-corrected chi connectivity index (χ0v) is 10.6. The van der Waals surface area contributed by atoms with E-state index in [4.69, 9.17) is 5.53 Å². The highest BCUT2D eigenvalue weighted by molar-refractivity contribution is 5.08. The molecule has 94 valence electrons. The van der Waals surface area contributed by atoms with E-state index in [0.29, 0.717) is 11.5 Å². The second-order valence-electron chi connectivity index (χ2n) is 6.63. The third-order valence-electron chi connectivity index (χ3n) is 5.21. The summed E-state index contributed by atoms with van der Waals surface area (Å²) in [4.78, 5) is 2.91. The molecule has 2 atom stereocenters. The summed E-state index contributed by atoms with van der Waals surface area (Å²) in [6.07, 6.45) is 7.80. The summed E-state index contributed by atoms with van der Waals surface area (Å²) in [7, 11) is 0. The van der Waals surface area contributed by atoms with Gasteiger partial charge in [-0.25, -0.2) is 0 Å². The number of hydrogen-bond donors (Lipinski definition) is 1. The van der Waals surface area contributed by atoms with Crippen LogP contribution in [0.1, 0.15) is 45.4 Å². The molecule has 4 nitrogen and oxygen atoms in total. The van der Waals surface area contributed by atoms with Crippen LogP contribution in [0.3, 0.4) is 0 Å². The number of azide groups is 1. The van der Waals surface area contributed by atoms with Crippen LogP contribution >= 0.6 is 0 Å². The van der Waals surface area contributed by atoms with E-state index in [-0.39, 0.29) is 0 Å². The van der Waals surface area contributed by atoms with E-state index in [0.717, 1.165) is 30.7 Å². The molecule has 0 amide bonds. The molecule has 0 bridgehead atoms. The van der Waals surface area contributed by atoms with E-state index in [1.165, 1.54) is 32.2 Å². The Morgan fingerprint density at radius 1 is 1.24 bits per heavy atom. The average Bonchev–Trinajstić information content (AvgIpc) is 2.21. The molecule has 2 saturated carbocycles. The van der Waals surface area contributed by atoms with Crippen LogP contribution in [0, 0.1) is 17.3 Å². The lowest BCUT2D eigenvalue weighted by Crippen LogP contribution is -2.56. The minimum Gasteiger partial charge on any atom is -0.313 e. The van der Waals surface area contributed by atoms with Gasteiger partial charge >= 0.3 is 0 Å². The van der Waals surface area contributed by atoms with Gasteiger partial charge in [-0.15, -0.1) is 0 Å². The van der Waals surface area contributed by atoms with Crippen molar-refractivity contribution >= 4 is 0 Å². The first-order valence-electron chi connectivity index (χ1n) is 6.98. The van der Waals surface area contributed by atoms with Crippen molar-refractivity contribution in [1.82, 2.24) is 5.32 Å². The molecular formula is C13H22N4. The molecule has 1 spiro atoms. The summed E-state index contributed by atoms with van der Waals surface area (Å²) in [5, 5.41) is 7.53. The Morgan fingerprint density at radius 3 is 2.59 bits per heavy atom. The summed E-state index contributed by atoms with van der Waals surface area (Å²) in [6, 6.07) is 1.08. The third-order valence-corrected chi connectivity index (χ3v) is 5.21. The fourth-order valence-corrected chi connectivity index (χ4v) is 4.19. The van der Waals surface area contributed by atoms with Gasteiger partial charge in [0.2, 0.25) is 0 Å². The lowest BCUT2D eigenvalue weighted by Gasteiger charge is -2.59. The molecule has 3 fully saturated rings. The molecule has 1 saturated heterocycles. The summed E-state index contributed by atoms with van der Waals surface area (Å²) >= 11 is 0. The molecule has 0 unspecified atom stereocenters. The van der Waals surface area contributed by atoms with Gasteiger partial charge in [0, 0.05) is 17.0 Å². The second-order valence-corrected chi connectivity index (χ2v) is 6.63. The molecule has 3 aliphatic rings. The predicted molar refractivity (Wildman–Crippen MR) is 67.5 cm³/mol. The van der Waals surface area contributed by atoms with Crippen molar-refractivity contribution < 1.29 is 0 Å². The third kappa shape index (κ3) is 2.04. The Labute approximate surface area is 103 Å². The van der Waals surface area contributed by atoms with Crippen molar-refractivity contribution in [2.24, 2.45) is 22.4 Å². The van der Waals surface area contributed by atoms with Crippen LogP contribution in [0.4, 0.5) is 0 Å². The largest absolute Gasteiger partial charge is 0.313 e. The van der Waals surface area contributed by atoms with Gasteiger partial charge in [-0.3, -0.25) is 0 Å². The summed E-state index contributed by atoms with van der Waals surface area (Å²) in [5.41, 5.74) is 8.97. The molecule has 1 aliphatic heterocycles. The standard InChI is InChI=1S/C13H22N4/c1-9-2-3-12(15-8-9)10-4-13(5-10)6-11(7-13)16-17-14/h9-12,15H,2-8H2,1H3/t9-,10?,11?,12+,13?/m0/s1. The van der Waals surface area contributed by atoms with Crippen LogP contribution in [0.2, 0.25) is 0 Å². The quantitative estimate of drug-likeness (QED) is 0.445. The Bertz CT molecular complexity index is 325. The Balaban J connectivity index is 1.45. The Hall–Kier alpha value is -0.730. The molecular weight excluding hydrogens is 212 g/mol. The van der Waals surface area contributed by atoms with Gasteiger partial charge in [-0.1, -0.05) is 12.0 Å². The molecule has 2 aliphatic carbocycles. The van der Waals surface area contributed by atoms with Crippen LogP contribution in [-0.2, 0) is 0 Å². The van der Waals surface area contributed by atoms with Crippen LogP contribution in [0.25, 0.3) is 10.4 Å². The Morgan fingerprint density at radius 2 is 2.00 bits per heavy atom. The average molecular weight is 234 g/mol.